The van der Waals surface area contributed by atoms with Gasteiger partial charge < -0.3 is 20.6 Å². The zero-order valence-electron chi connectivity index (χ0n) is 17.8. The van der Waals surface area contributed by atoms with Gasteiger partial charge in [-0.15, -0.1) is 0 Å². The van der Waals surface area contributed by atoms with Crippen LogP contribution in [-0.2, 0) is 13.0 Å². The highest BCUT2D eigenvalue weighted by molar-refractivity contribution is 7.15. The summed E-state index contributed by atoms with van der Waals surface area (Å²) in [6.07, 6.45) is 1.87. The van der Waals surface area contributed by atoms with Gasteiger partial charge in [0.15, 0.2) is 5.13 Å². The number of nitrogens with zero attached hydrogens (tertiary/aromatic N) is 3. The summed E-state index contributed by atoms with van der Waals surface area (Å²) in [7, 11) is 0. The summed E-state index contributed by atoms with van der Waals surface area (Å²) in [5.41, 5.74) is 1.53. The standard InChI is InChI=1S/C22H23FN6O3S/c1-13(12-30)25-20(31)15-4-2-3-5-16(15)26-21(32)28-22-27-17-8-9-29(11-18(17)33-22)19-7-6-14(23)10-24-19/h2-7,10,13,30H,8-9,11-12H2,1H3,(H,25,31)(H2,26,27,28,32). The molecule has 0 aliphatic carbocycles. The third-order valence-electron chi connectivity index (χ3n) is 5.06. The van der Waals surface area contributed by atoms with Crippen LogP contribution < -0.4 is 20.9 Å². The first-order chi connectivity index (χ1) is 15.9. The number of rotatable bonds is 6. The number of para-hydroxylation sites is 1. The number of benzene rings is 1. The van der Waals surface area contributed by atoms with Gasteiger partial charge in [0, 0.05) is 23.9 Å². The van der Waals surface area contributed by atoms with Gasteiger partial charge in [-0.2, -0.15) is 0 Å². The van der Waals surface area contributed by atoms with Gasteiger partial charge >= 0.3 is 6.03 Å². The molecule has 11 heteroatoms. The number of aliphatic hydroxyl groups excluding tert-OH is 1. The number of amides is 3. The van der Waals surface area contributed by atoms with Crippen LogP contribution in [0.5, 0.6) is 0 Å². The van der Waals surface area contributed by atoms with E-state index < -0.39 is 18.0 Å². The molecule has 9 nitrogen and oxygen atoms in total. The highest BCUT2D eigenvalue weighted by Gasteiger charge is 2.23. The smallest absolute Gasteiger partial charge is 0.325 e. The SMILES string of the molecule is CC(CO)NC(=O)c1ccccc1NC(=O)Nc1nc2c(s1)CN(c1ccc(F)cn1)CC2. The second-order valence-corrected chi connectivity index (χ2v) is 8.66. The van der Waals surface area contributed by atoms with E-state index in [0.29, 0.717) is 36.1 Å². The van der Waals surface area contributed by atoms with Crippen molar-refractivity contribution in [1.29, 1.82) is 0 Å². The van der Waals surface area contributed by atoms with E-state index in [1.54, 1.807) is 37.3 Å². The molecule has 1 aliphatic heterocycles. The van der Waals surface area contributed by atoms with Crippen LogP contribution in [0.4, 0.5) is 25.8 Å². The molecule has 0 fully saturated rings. The molecule has 2 aromatic heterocycles. The Morgan fingerprint density at radius 1 is 1.24 bits per heavy atom. The average molecular weight is 471 g/mol. The Hall–Kier alpha value is -3.57. The Morgan fingerprint density at radius 3 is 2.82 bits per heavy atom. The fourth-order valence-corrected chi connectivity index (χ4v) is 4.41. The van der Waals surface area contributed by atoms with E-state index >= 15 is 0 Å². The van der Waals surface area contributed by atoms with Gasteiger partial charge in [-0.25, -0.2) is 19.2 Å². The summed E-state index contributed by atoms with van der Waals surface area (Å²) in [5.74, 6) is -0.0894. The summed E-state index contributed by atoms with van der Waals surface area (Å²) in [5, 5.41) is 17.7. The van der Waals surface area contributed by atoms with Crippen molar-refractivity contribution >= 4 is 39.9 Å². The summed E-state index contributed by atoms with van der Waals surface area (Å²) in [4.78, 5) is 36.7. The van der Waals surface area contributed by atoms with Crippen LogP contribution in [0, 0.1) is 5.82 Å². The molecular formula is C22H23FN6O3S. The van der Waals surface area contributed by atoms with Crippen molar-refractivity contribution in [3.63, 3.8) is 0 Å². The predicted molar refractivity (Wildman–Crippen MR) is 124 cm³/mol. The van der Waals surface area contributed by atoms with Gasteiger partial charge in [-0.05, 0) is 31.2 Å². The molecule has 4 rings (SSSR count). The molecule has 3 amide bonds. The Bertz CT molecular complexity index is 1150. The maximum absolute atomic E-state index is 13.1. The van der Waals surface area contributed by atoms with Crippen molar-refractivity contribution in [3.05, 3.63) is 64.5 Å². The van der Waals surface area contributed by atoms with Gasteiger partial charge in [0.25, 0.3) is 5.91 Å². The molecule has 0 spiro atoms. The number of urea groups is 1. The molecule has 3 heterocycles. The number of carbonyl (C=O) groups is 2. The van der Waals surface area contributed by atoms with Crippen molar-refractivity contribution in [2.45, 2.75) is 25.9 Å². The molecule has 4 N–H and O–H groups in total. The number of carbonyl (C=O) groups excluding carboxylic acids is 2. The number of aromatic nitrogens is 2. The highest BCUT2D eigenvalue weighted by Crippen LogP contribution is 2.30. The van der Waals surface area contributed by atoms with E-state index in [0.717, 1.165) is 10.6 Å². The van der Waals surface area contributed by atoms with Crippen LogP contribution >= 0.6 is 11.3 Å². The van der Waals surface area contributed by atoms with Crippen LogP contribution in [-0.4, -0.2) is 46.2 Å². The Kier molecular flexibility index (Phi) is 6.80. The first-order valence-electron chi connectivity index (χ1n) is 10.4. The zero-order valence-corrected chi connectivity index (χ0v) is 18.7. The molecule has 172 valence electrons. The van der Waals surface area contributed by atoms with E-state index in [-0.39, 0.29) is 18.0 Å². The number of halogens is 1. The topological polar surface area (TPSA) is 119 Å². The number of fused-ring (bicyclic) bond motifs is 1. The molecule has 0 saturated carbocycles. The number of anilines is 3. The Balaban J connectivity index is 1.41. The molecule has 1 aliphatic rings. The maximum atomic E-state index is 13.1. The minimum absolute atomic E-state index is 0.189. The predicted octanol–water partition coefficient (Wildman–Crippen LogP) is 2.99. The van der Waals surface area contributed by atoms with Gasteiger partial charge in [0.2, 0.25) is 0 Å². The van der Waals surface area contributed by atoms with Crippen LogP contribution in [0.25, 0.3) is 0 Å². The van der Waals surface area contributed by atoms with Crippen LogP contribution in [0.3, 0.4) is 0 Å². The quantitative estimate of drug-likeness (QED) is 0.440. The third kappa shape index (κ3) is 5.44. The number of hydrogen-bond donors (Lipinski definition) is 4. The van der Waals surface area contributed by atoms with Crippen LogP contribution in [0.15, 0.2) is 42.6 Å². The van der Waals surface area contributed by atoms with Gasteiger partial charge in [-0.1, -0.05) is 23.5 Å². The molecule has 1 atom stereocenters. The van der Waals surface area contributed by atoms with Crippen molar-refractivity contribution in [2.75, 3.05) is 28.7 Å². The lowest BCUT2D eigenvalue weighted by molar-refractivity contribution is 0.0923. The number of pyridine rings is 1. The molecular weight excluding hydrogens is 447 g/mol. The van der Waals surface area contributed by atoms with E-state index in [1.165, 1.54) is 23.6 Å². The molecule has 1 aromatic carbocycles. The second-order valence-electron chi connectivity index (χ2n) is 7.58. The highest BCUT2D eigenvalue weighted by atomic mass is 32.1. The van der Waals surface area contributed by atoms with Crippen molar-refractivity contribution in [1.82, 2.24) is 15.3 Å². The summed E-state index contributed by atoms with van der Waals surface area (Å²) < 4.78 is 13.1. The van der Waals surface area contributed by atoms with E-state index in [2.05, 4.69) is 25.9 Å². The number of hydrogen-bond acceptors (Lipinski definition) is 7. The number of thiazole rings is 1. The lowest BCUT2D eigenvalue weighted by Gasteiger charge is -2.26. The minimum Gasteiger partial charge on any atom is -0.394 e. The van der Waals surface area contributed by atoms with Gasteiger partial charge in [0.05, 0.1) is 36.3 Å². The molecule has 33 heavy (non-hydrogen) atoms. The lowest BCUT2D eigenvalue weighted by Crippen LogP contribution is -2.35. The van der Waals surface area contributed by atoms with E-state index in [1.807, 2.05) is 4.90 Å². The monoisotopic (exact) mass is 470 g/mol. The summed E-state index contributed by atoms with van der Waals surface area (Å²) >= 11 is 1.36. The number of aliphatic hydroxyl groups is 1. The molecule has 1 unspecified atom stereocenters. The first-order valence-corrected chi connectivity index (χ1v) is 11.2. The fraction of sp³-hybridized carbons (Fsp3) is 0.273. The minimum atomic E-state index is -0.520. The third-order valence-corrected chi connectivity index (χ3v) is 6.06. The fourth-order valence-electron chi connectivity index (χ4n) is 3.39. The summed E-state index contributed by atoms with van der Waals surface area (Å²) in [6, 6.07) is 8.71. The van der Waals surface area contributed by atoms with E-state index in [4.69, 9.17) is 5.11 Å². The maximum Gasteiger partial charge on any atom is 0.325 e. The van der Waals surface area contributed by atoms with Crippen LogP contribution in [0.2, 0.25) is 0 Å². The molecule has 3 aromatic rings. The summed E-state index contributed by atoms with van der Waals surface area (Å²) in [6.45, 7) is 2.75. The molecule has 0 bridgehead atoms. The van der Waals surface area contributed by atoms with Crippen LogP contribution in [0.1, 0.15) is 27.9 Å². The van der Waals surface area contributed by atoms with Crippen molar-refractivity contribution < 1.29 is 19.1 Å². The first kappa shape index (κ1) is 22.6. The van der Waals surface area contributed by atoms with Crippen molar-refractivity contribution in [3.8, 4) is 0 Å². The number of nitrogens with one attached hydrogen (secondary N) is 3. The van der Waals surface area contributed by atoms with Gasteiger partial charge in [0.1, 0.15) is 11.6 Å². The van der Waals surface area contributed by atoms with E-state index in [9.17, 15) is 14.0 Å². The molecule has 0 radical (unpaired) electrons. The second kappa shape index (κ2) is 9.92. The van der Waals surface area contributed by atoms with Gasteiger partial charge in [-0.3, -0.25) is 10.1 Å². The average Bonchev–Trinajstić information content (AvgIpc) is 3.21. The Morgan fingerprint density at radius 2 is 2.06 bits per heavy atom. The largest absolute Gasteiger partial charge is 0.394 e. The normalized spacial score (nSPS) is 13.7. The molecule has 0 saturated heterocycles. The lowest BCUT2D eigenvalue weighted by atomic mass is 10.1. The Labute approximate surface area is 193 Å². The van der Waals surface area contributed by atoms with Crippen molar-refractivity contribution in [2.24, 2.45) is 0 Å². The zero-order chi connectivity index (χ0) is 23.4.